The van der Waals surface area contributed by atoms with Crippen molar-refractivity contribution in [3.8, 4) is 0 Å². The number of likely N-dealkylation sites (N-methyl/N-ethyl adjacent to an activating group) is 1. The number of likely N-dealkylation sites (tertiary alicyclic amines) is 1. The van der Waals surface area contributed by atoms with Gasteiger partial charge in [-0.05, 0) is 61.7 Å². The molecule has 3 heteroatoms. The number of rotatable bonds is 1. The Morgan fingerprint density at radius 2 is 2.29 bits per heavy atom. The molecule has 0 N–H and O–H groups in total. The van der Waals surface area contributed by atoms with Gasteiger partial charge in [-0.25, -0.2) is 0 Å². The van der Waals surface area contributed by atoms with Crippen LogP contribution in [0.4, 0.5) is 0 Å². The lowest BCUT2D eigenvalue weighted by atomic mass is 10.0. The van der Waals surface area contributed by atoms with Gasteiger partial charge in [0.2, 0.25) is 0 Å². The van der Waals surface area contributed by atoms with Gasteiger partial charge in [-0.2, -0.15) is 0 Å². The van der Waals surface area contributed by atoms with Crippen molar-refractivity contribution in [2.45, 2.75) is 19.3 Å². The normalized spacial score (nSPS) is 22.9. The molecule has 0 spiro atoms. The molecule has 0 amide bonds. The summed E-state index contributed by atoms with van der Waals surface area (Å²) in [4.78, 5) is 7.03. The van der Waals surface area contributed by atoms with Crippen molar-refractivity contribution in [2.24, 2.45) is 0 Å². The molecule has 1 aliphatic rings. The van der Waals surface area contributed by atoms with Crippen LogP contribution in [0.2, 0.25) is 0 Å². The maximum Gasteiger partial charge on any atom is 0.0509 e. The van der Waals surface area contributed by atoms with E-state index in [0.717, 1.165) is 12.2 Å². The van der Waals surface area contributed by atoms with E-state index in [0.29, 0.717) is 5.92 Å². The quantitative estimate of drug-likeness (QED) is 0.741. The number of aromatic nitrogens is 1. The van der Waals surface area contributed by atoms with Crippen LogP contribution in [-0.4, -0.2) is 30.0 Å². The summed E-state index contributed by atoms with van der Waals surface area (Å²) in [5, 5.41) is 0. The molecule has 0 bridgehead atoms. The highest BCUT2D eigenvalue weighted by molar-refractivity contribution is 14.1. The largest absolute Gasteiger partial charge is 0.306 e. The zero-order valence-electron chi connectivity index (χ0n) is 8.63. The molecule has 1 atom stereocenters. The highest BCUT2D eigenvalue weighted by Gasteiger charge is 2.22. The van der Waals surface area contributed by atoms with E-state index in [2.05, 4.69) is 58.6 Å². The molecule has 1 aliphatic heterocycles. The fraction of sp³-hybridized carbons (Fsp3) is 0.545. The van der Waals surface area contributed by atoms with Gasteiger partial charge in [0.25, 0.3) is 0 Å². The van der Waals surface area contributed by atoms with E-state index in [-0.39, 0.29) is 0 Å². The molecule has 1 unspecified atom stereocenters. The maximum atomic E-state index is 4.65. The van der Waals surface area contributed by atoms with Gasteiger partial charge in [0.05, 0.1) is 5.69 Å². The summed E-state index contributed by atoms with van der Waals surface area (Å²) in [7, 11) is 2.18. The number of nitrogens with zero attached hydrogens (tertiary/aromatic N) is 2. The smallest absolute Gasteiger partial charge is 0.0509 e. The Labute approximate surface area is 98.9 Å². The van der Waals surface area contributed by atoms with Crippen LogP contribution in [0.25, 0.3) is 0 Å². The van der Waals surface area contributed by atoms with E-state index < -0.39 is 0 Å². The highest BCUT2D eigenvalue weighted by Crippen LogP contribution is 2.25. The van der Waals surface area contributed by atoms with Gasteiger partial charge in [-0.1, -0.05) is 0 Å². The van der Waals surface area contributed by atoms with Crippen molar-refractivity contribution >= 4 is 22.6 Å². The summed E-state index contributed by atoms with van der Waals surface area (Å²) >= 11 is 2.34. The molecule has 1 saturated heterocycles. The first kappa shape index (κ1) is 10.4. The molecule has 0 aromatic carbocycles. The third kappa shape index (κ3) is 2.08. The van der Waals surface area contributed by atoms with Crippen molar-refractivity contribution in [3.05, 3.63) is 27.1 Å². The second kappa shape index (κ2) is 4.14. The van der Waals surface area contributed by atoms with Crippen molar-refractivity contribution in [1.29, 1.82) is 0 Å². The number of halogens is 1. The predicted octanol–water partition coefficient (Wildman–Crippen LogP) is 2.41. The van der Waals surface area contributed by atoms with Crippen LogP contribution >= 0.6 is 22.6 Å². The molecule has 0 saturated carbocycles. The average Bonchev–Trinajstić information content (AvgIpc) is 2.57. The number of hydrogen-bond acceptors (Lipinski definition) is 2. The summed E-state index contributed by atoms with van der Waals surface area (Å²) in [5.41, 5.74) is 2.44. The standard InChI is InChI=1S/C11H15IN2/c1-8-10(12)3-4-11(13-8)9-5-6-14(2)7-9/h3-4,9H,5-7H2,1-2H3. The monoisotopic (exact) mass is 302 g/mol. The molecule has 2 heterocycles. The Morgan fingerprint density at radius 1 is 1.50 bits per heavy atom. The molecular weight excluding hydrogens is 287 g/mol. The van der Waals surface area contributed by atoms with E-state index >= 15 is 0 Å². The van der Waals surface area contributed by atoms with E-state index in [4.69, 9.17) is 0 Å². The second-order valence-corrected chi connectivity index (χ2v) is 5.21. The Kier molecular flexibility index (Phi) is 3.07. The van der Waals surface area contributed by atoms with Crippen LogP contribution in [-0.2, 0) is 0 Å². The summed E-state index contributed by atoms with van der Waals surface area (Å²) in [6.07, 6.45) is 1.25. The SMILES string of the molecule is Cc1nc(C2CCN(C)C2)ccc1I. The number of aryl methyl sites for hydroxylation is 1. The molecular formula is C11H15IN2. The Morgan fingerprint density at radius 3 is 2.86 bits per heavy atom. The number of hydrogen-bond donors (Lipinski definition) is 0. The topological polar surface area (TPSA) is 16.1 Å². The molecule has 14 heavy (non-hydrogen) atoms. The molecule has 1 aromatic heterocycles. The fourth-order valence-electron chi connectivity index (χ4n) is 1.97. The first-order valence-electron chi connectivity index (χ1n) is 4.98. The van der Waals surface area contributed by atoms with E-state index in [1.807, 2.05) is 0 Å². The van der Waals surface area contributed by atoms with Crippen molar-refractivity contribution in [2.75, 3.05) is 20.1 Å². The van der Waals surface area contributed by atoms with E-state index in [1.54, 1.807) is 0 Å². The zero-order chi connectivity index (χ0) is 10.1. The molecule has 1 aromatic rings. The first-order chi connectivity index (χ1) is 6.66. The van der Waals surface area contributed by atoms with Gasteiger partial charge in [-0.3, -0.25) is 4.98 Å². The Hall–Kier alpha value is -0.160. The summed E-state index contributed by atoms with van der Waals surface area (Å²) in [5.74, 6) is 0.649. The summed E-state index contributed by atoms with van der Waals surface area (Å²) in [6, 6.07) is 4.36. The van der Waals surface area contributed by atoms with Gasteiger partial charge in [0, 0.05) is 21.7 Å². The van der Waals surface area contributed by atoms with Crippen LogP contribution in [0.1, 0.15) is 23.7 Å². The van der Waals surface area contributed by atoms with Gasteiger partial charge < -0.3 is 4.90 Å². The molecule has 0 aliphatic carbocycles. The van der Waals surface area contributed by atoms with Crippen LogP contribution < -0.4 is 0 Å². The predicted molar refractivity (Wildman–Crippen MR) is 66.5 cm³/mol. The molecule has 2 nitrogen and oxygen atoms in total. The lowest BCUT2D eigenvalue weighted by molar-refractivity contribution is 0.410. The Bertz CT molecular complexity index is 338. The highest BCUT2D eigenvalue weighted by atomic mass is 127. The van der Waals surface area contributed by atoms with Gasteiger partial charge >= 0.3 is 0 Å². The Balaban J connectivity index is 2.20. The summed E-state index contributed by atoms with van der Waals surface area (Å²) in [6.45, 7) is 4.45. The van der Waals surface area contributed by atoms with Crippen LogP contribution in [0.15, 0.2) is 12.1 Å². The van der Waals surface area contributed by atoms with E-state index in [1.165, 1.54) is 22.2 Å². The van der Waals surface area contributed by atoms with Crippen molar-refractivity contribution in [1.82, 2.24) is 9.88 Å². The van der Waals surface area contributed by atoms with Crippen LogP contribution in [0, 0.1) is 10.5 Å². The molecule has 76 valence electrons. The van der Waals surface area contributed by atoms with Gasteiger partial charge in [-0.15, -0.1) is 0 Å². The van der Waals surface area contributed by atoms with E-state index in [9.17, 15) is 0 Å². The minimum atomic E-state index is 0.649. The average molecular weight is 302 g/mol. The lowest BCUT2D eigenvalue weighted by Crippen LogP contribution is -2.14. The molecule has 1 fully saturated rings. The number of pyridine rings is 1. The molecule has 0 radical (unpaired) electrons. The lowest BCUT2D eigenvalue weighted by Gasteiger charge is -2.10. The third-order valence-corrected chi connectivity index (χ3v) is 3.99. The first-order valence-corrected chi connectivity index (χ1v) is 6.06. The second-order valence-electron chi connectivity index (χ2n) is 4.05. The van der Waals surface area contributed by atoms with Gasteiger partial charge in [0.15, 0.2) is 0 Å². The molecule has 2 rings (SSSR count). The van der Waals surface area contributed by atoms with Crippen LogP contribution in [0.5, 0.6) is 0 Å². The minimum absolute atomic E-state index is 0.649. The van der Waals surface area contributed by atoms with Crippen LogP contribution in [0.3, 0.4) is 0 Å². The maximum absolute atomic E-state index is 4.65. The zero-order valence-corrected chi connectivity index (χ0v) is 10.8. The summed E-state index contributed by atoms with van der Waals surface area (Å²) < 4.78 is 1.26. The van der Waals surface area contributed by atoms with Crippen molar-refractivity contribution < 1.29 is 0 Å². The minimum Gasteiger partial charge on any atom is -0.306 e. The third-order valence-electron chi connectivity index (χ3n) is 2.85. The van der Waals surface area contributed by atoms with Crippen molar-refractivity contribution in [3.63, 3.8) is 0 Å². The fourth-order valence-corrected chi connectivity index (χ4v) is 2.27. The van der Waals surface area contributed by atoms with Gasteiger partial charge in [0.1, 0.15) is 0 Å².